The number of rotatable bonds is 3. The Bertz CT molecular complexity index is 494. The minimum absolute atomic E-state index is 0.748. The van der Waals surface area contributed by atoms with Gasteiger partial charge in [0.25, 0.3) is 0 Å². The Balaban J connectivity index is 2.36. The highest BCUT2D eigenvalue weighted by Crippen LogP contribution is 2.27. The van der Waals surface area contributed by atoms with Crippen molar-refractivity contribution in [1.82, 2.24) is 0 Å². The van der Waals surface area contributed by atoms with E-state index >= 15 is 0 Å². The largest absolute Gasteiger partial charge is 0.399 e. The van der Waals surface area contributed by atoms with E-state index in [1.54, 1.807) is 0 Å². The summed E-state index contributed by atoms with van der Waals surface area (Å²) in [6.45, 7) is 2.99. The molecule has 3 heteroatoms. The molecule has 88 valence electrons. The van der Waals surface area contributed by atoms with Crippen molar-refractivity contribution in [3.8, 4) is 0 Å². The number of hydrogen-bond acceptors (Lipinski definition) is 2. The van der Waals surface area contributed by atoms with Crippen molar-refractivity contribution >= 4 is 28.7 Å². The number of halogens is 1. The van der Waals surface area contributed by atoms with Crippen molar-refractivity contribution in [1.29, 1.82) is 0 Å². The molecule has 0 aliphatic heterocycles. The molecule has 0 bridgehead atoms. The predicted molar refractivity (Wildman–Crippen MR) is 75.0 cm³/mol. The predicted octanol–water partition coefficient (Wildman–Crippen LogP) is 4.08. The second kappa shape index (κ2) is 5.11. The zero-order valence-electron chi connectivity index (χ0n) is 9.73. The molecule has 0 aliphatic rings. The molecule has 2 aromatic carbocycles. The lowest BCUT2D eigenvalue weighted by atomic mass is 10.2. The van der Waals surface area contributed by atoms with Gasteiger partial charge in [-0.15, -0.1) is 0 Å². The molecule has 0 atom stereocenters. The zero-order valence-corrected chi connectivity index (χ0v) is 10.5. The molecule has 0 heterocycles. The lowest BCUT2D eigenvalue weighted by Gasteiger charge is -2.23. The van der Waals surface area contributed by atoms with E-state index < -0.39 is 0 Å². The van der Waals surface area contributed by atoms with Gasteiger partial charge in [-0.1, -0.05) is 17.7 Å². The first-order valence-corrected chi connectivity index (χ1v) is 5.97. The van der Waals surface area contributed by atoms with E-state index in [1.807, 2.05) is 42.5 Å². The fourth-order valence-electron chi connectivity index (χ4n) is 1.83. The third-order valence-electron chi connectivity index (χ3n) is 2.64. The summed E-state index contributed by atoms with van der Waals surface area (Å²) in [4.78, 5) is 2.19. The first-order chi connectivity index (χ1) is 8.20. The Morgan fingerprint density at radius 1 is 1.06 bits per heavy atom. The van der Waals surface area contributed by atoms with Gasteiger partial charge in [-0.2, -0.15) is 0 Å². The highest BCUT2D eigenvalue weighted by atomic mass is 35.5. The van der Waals surface area contributed by atoms with Crippen LogP contribution in [0, 0.1) is 0 Å². The van der Waals surface area contributed by atoms with Crippen LogP contribution in [0.4, 0.5) is 17.1 Å². The summed E-state index contributed by atoms with van der Waals surface area (Å²) in [5, 5.41) is 0.748. The van der Waals surface area contributed by atoms with Crippen LogP contribution in [-0.2, 0) is 0 Å². The molecule has 0 spiro atoms. The fraction of sp³-hybridized carbons (Fsp3) is 0.143. The van der Waals surface area contributed by atoms with Crippen LogP contribution in [0.25, 0.3) is 0 Å². The maximum Gasteiger partial charge on any atom is 0.0431 e. The fourth-order valence-corrected chi connectivity index (χ4v) is 1.95. The van der Waals surface area contributed by atoms with Crippen LogP contribution in [0.1, 0.15) is 6.92 Å². The molecule has 0 aromatic heterocycles. The highest BCUT2D eigenvalue weighted by molar-refractivity contribution is 6.30. The molecule has 0 unspecified atom stereocenters. The Morgan fingerprint density at radius 3 is 2.35 bits per heavy atom. The summed E-state index contributed by atoms with van der Waals surface area (Å²) in [6.07, 6.45) is 0. The number of benzene rings is 2. The third-order valence-corrected chi connectivity index (χ3v) is 2.89. The Kier molecular flexibility index (Phi) is 3.55. The van der Waals surface area contributed by atoms with Gasteiger partial charge in [0.15, 0.2) is 0 Å². The van der Waals surface area contributed by atoms with Crippen LogP contribution < -0.4 is 10.6 Å². The quantitative estimate of drug-likeness (QED) is 0.827. The highest BCUT2D eigenvalue weighted by Gasteiger charge is 2.06. The van der Waals surface area contributed by atoms with Crippen LogP contribution in [0.2, 0.25) is 5.02 Å². The normalized spacial score (nSPS) is 10.2. The summed E-state index contributed by atoms with van der Waals surface area (Å²) >= 11 is 5.89. The average Bonchev–Trinajstić information content (AvgIpc) is 2.33. The minimum atomic E-state index is 0.748. The average molecular weight is 247 g/mol. The number of anilines is 3. The molecular weight excluding hydrogens is 232 g/mol. The van der Waals surface area contributed by atoms with Crippen LogP contribution in [-0.4, -0.2) is 6.54 Å². The lowest BCUT2D eigenvalue weighted by molar-refractivity contribution is 1.02. The van der Waals surface area contributed by atoms with Crippen LogP contribution in [0.3, 0.4) is 0 Å². The molecule has 0 amide bonds. The van der Waals surface area contributed by atoms with E-state index in [-0.39, 0.29) is 0 Å². The van der Waals surface area contributed by atoms with Gasteiger partial charge >= 0.3 is 0 Å². The molecule has 17 heavy (non-hydrogen) atoms. The number of nitrogens with zero attached hydrogens (tertiary/aromatic N) is 1. The maximum absolute atomic E-state index is 5.89. The second-order valence-corrected chi connectivity index (χ2v) is 4.25. The maximum atomic E-state index is 5.89. The Hall–Kier alpha value is -1.67. The Labute approximate surface area is 107 Å². The van der Waals surface area contributed by atoms with Crippen molar-refractivity contribution in [3.05, 3.63) is 53.6 Å². The van der Waals surface area contributed by atoms with Crippen molar-refractivity contribution in [2.24, 2.45) is 0 Å². The third kappa shape index (κ3) is 2.71. The first kappa shape index (κ1) is 11.8. The summed E-state index contributed by atoms with van der Waals surface area (Å²) < 4.78 is 0. The van der Waals surface area contributed by atoms with Crippen LogP contribution in [0.5, 0.6) is 0 Å². The molecule has 2 aromatic rings. The van der Waals surface area contributed by atoms with E-state index in [2.05, 4.69) is 17.9 Å². The van der Waals surface area contributed by atoms with Gasteiger partial charge in [-0.25, -0.2) is 0 Å². The molecular formula is C14H15ClN2. The molecule has 2 nitrogen and oxygen atoms in total. The summed E-state index contributed by atoms with van der Waals surface area (Å²) in [5.41, 5.74) is 8.78. The van der Waals surface area contributed by atoms with Crippen molar-refractivity contribution in [2.75, 3.05) is 17.2 Å². The van der Waals surface area contributed by atoms with Gasteiger partial charge in [-0.05, 0) is 49.4 Å². The van der Waals surface area contributed by atoms with E-state index in [1.165, 1.54) is 0 Å². The minimum Gasteiger partial charge on any atom is -0.399 e. The van der Waals surface area contributed by atoms with Crippen molar-refractivity contribution < 1.29 is 0 Å². The molecule has 0 fully saturated rings. The van der Waals surface area contributed by atoms with E-state index in [4.69, 9.17) is 17.3 Å². The number of hydrogen-bond donors (Lipinski definition) is 1. The first-order valence-electron chi connectivity index (χ1n) is 5.59. The van der Waals surface area contributed by atoms with Gasteiger partial charge in [-0.3, -0.25) is 0 Å². The molecule has 0 aliphatic carbocycles. The van der Waals surface area contributed by atoms with Crippen LogP contribution >= 0.6 is 11.6 Å². The number of nitrogens with two attached hydrogens (primary N) is 1. The Morgan fingerprint density at radius 2 is 1.76 bits per heavy atom. The van der Waals surface area contributed by atoms with E-state index in [0.29, 0.717) is 0 Å². The summed E-state index contributed by atoms with van der Waals surface area (Å²) in [5.74, 6) is 0. The molecule has 0 saturated carbocycles. The molecule has 2 rings (SSSR count). The molecule has 2 N–H and O–H groups in total. The lowest BCUT2D eigenvalue weighted by Crippen LogP contribution is -2.15. The zero-order chi connectivity index (χ0) is 12.3. The van der Waals surface area contributed by atoms with E-state index in [9.17, 15) is 0 Å². The summed E-state index contributed by atoms with van der Waals surface area (Å²) in [6, 6.07) is 15.7. The van der Waals surface area contributed by atoms with E-state index in [0.717, 1.165) is 28.6 Å². The van der Waals surface area contributed by atoms with Gasteiger partial charge in [0.1, 0.15) is 0 Å². The standard InChI is InChI=1S/C14H15ClN2/c1-2-17(13-8-6-11(15)7-9-13)14-5-3-4-12(16)10-14/h3-10H,2,16H2,1H3. The van der Waals surface area contributed by atoms with Crippen molar-refractivity contribution in [2.45, 2.75) is 6.92 Å². The summed E-state index contributed by atoms with van der Waals surface area (Å²) in [7, 11) is 0. The SMILES string of the molecule is CCN(c1ccc(Cl)cc1)c1cccc(N)c1. The monoisotopic (exact) mass is 246 g/mol. The second-order valence-electron chi connectivity index (χ2n) is 3.82. The van der Waals surface area contributed by atoms with Gasteiger partial charge < -0.3 is 10.6 Å². The van der Waals surface area contributed by atoms with Crippen LogP contribution in [0.15, 0.2) is 48.5 Å². The van der Waals surface area contributed by atoms with Gasteiger partial charge in [0.05, 0.1) is 0 Å². The number of nitrogen functional groups attached to an aromatic ring is 1. The van der Waals surface area contributed by atoms with Gasteiger partial charge in [0, 0.05) is 28.6 Å². The molecule has 0 radical (unpaired) electrons. The topological polar surface area (TPSA) is 29.3 Å². The smallest absolute Gasteiger partial charge is 0.0431 e. The van der Waals surface area contributed by atoms with Gasteiger partial charge in [0.2, 0.25) is 0 Å². The molecule has 0 saturated heterocycles. The van der Waals surface area contributed by atoms with Crippen molar-refractivity contribution in [3.63, 3.8) is 0 Å².